The summed E-state index contributed by atoms with van der Waals surface area (Å²) in [5.74, 6) is -1.41. The quantitative estimate of drug-likeness (QED) is 0.248. The molecular weight excluding hydrogens is 366 g/mol. The predicted molar refractivity (Wildman–Crippen MR) is 114 cm³/mol. The maximum atomic E-state index is 10.5. The van der Waals surface area contributed by atoms with Gasteiger partial charge in [0.2, 0.25) is 0 Å². The lowest BCUT2D eigenvalue weighted by Crippen LogP contribution is -2.25. The molecule has 0 rings (SSSR count). The van der Waals surface area contributed by atoms with Crippen LogP contribution in [0, 0.1) is 0 Å². The molecule has 164 valence electrons. The highest BCUT2D eigenvalue weighted by atomic mass is 32.2. The Bertz CT molecular complexity index is 471. The lowest BCUT2D eigenvalue weighted by atomic mass is 10.0. The summed E-state index contributed by atoms with van der Waals surface area (Å²) in [6.45, 7) is 12.0. The summed E-state index contributed by atoms with van der Waals surface area (Å²) in [5.41, 5.74) is 1.41. The van der Waals surface area contributed by atoms with Gasteiger partial charge < -0.3 is 10.2 Å². The van der Waals surface area contributed by atoms with Crippen LogP contribution in [0.5, 0.6) is 0 Å². The highest BCUT2D eigenvalue weighted by molar-refractivity contribution is 7.84. The van der Waals surface area contributed by atoms with Crippen LogP contribution in [0.4, 0.5) is 0 Å². The topological polar surface area (TPSA) is 110 Å². The van der Waals surface area contributed by atoms with Crippen LogP contribution in [0.1, 0.15) is 92.9 Å². The Hall–Kier alpha value is -0.730. The Labute approximate surface area is 167 Å². The van der Waals surface area contributed by atoms with E-state index in [1.165, 1.54) is 5.57 Å². The van der Waals surface area contributed by atoms with E-state index in [4.69, 9.17) is 15.4 Å². The molecule has 0 aliphatic heterocycles. The van der Waals surface area contributed by atoms with E-state index in [0.29, 0.717) is 12.8 Å². The van der Waals surface area contributed by atoms with Crippen LogP contribution in [-0.4, -0.2) is 31.0 Å². The lowest BCUT2D eigenvalue weighted by molar-refractivity contribution is -0.167. The van der Waals surface area contributed by atoms with E-state index >= 15 is 0 Å². The molecule has 0 bridgehead atoms. The van der Waals surface area contributed by atoms with Gasteiger partial charge in [0.25, 0.3) is 0 Å². The number of hydrogen-bond donors (Lipinski definition) is 3. The first-order valence-corrected chi connectivity index (χ1v) is 11.5. The molecule has 0 aliphatic rings. The van der Waals surface area contributed by atoms with E-state index in [0.717, 1.165) is 38.5 Å². The molecule has 0 fully saturated rings. The SMILES string of the molecule is C/C=C\C=C(/CC)CCCCCOS(N)(=O)=O.CC.CCCC(O)(O)CC. The van der Waals surface area contributed by atoms with Crippen molar-refractivity contribution in [2.45, 2.75) is 98.7 Å². The summed E-state index contributed by atoms with van der Waals surface area (Å²) in [6, 6.07) is 0. The van der Waals surface area contributed by atoms with Crippen LogP contribution in [0.2, 0.25) is 0 Å². The third-order valence-corrected chi connectivity index (χ3v) is 4.08. The van der Waals surface area contributed by atoms with E-state index in [-0.39, 0.29) is 6.61 Å². The molecule has 0 aliphatic carbocycles. The molecule has 6 nitrogen and oxygen atoms in total. The normalized spacial score (nSPS) is 12.3. The number of allylic oxidation sites excluding steroid dienone is 4. The fourth-order valence-corrected chi connectivity index (χ4v) is 2.34. The van der Waals surface area contributed by atoms with Crippen molar-refractivity contribution in [3.8, 4) is 0 Å². The summed E-state index contributed by atoms with van der Waals surface area (Å²) in [6.07, 6.45) is 12.7. The highest BCUT2D eigenvalue weighted by Gasteiger charge is 2.17. The minimum absolute atomic E-state index is 0.179. The Morgan fingerprint density at radius 2 is 1.70 bits per heavy atom. The average Bonchev–Trinajstić information content (AvgIpc) is 2.62. The molecule has 0 radical (unpaired) electrons. The Balaban J connectivity index is -0.000000482. The van der Waals surface area contributed by atoms with Gasteiger partial charge in [0.05, 0.1) is 6.61 Å². The lowest BCUT2D eigenvalue weighted by Gasteiger charge is -2.17. The Morgan fingerprint density at radius 3 is 2.07 bits per heavy atom. The zero-order valence-corrected chi connectivity index (χ0v) is 19.0. The standard InChI is InChI=1S/C12H23NO3S.C6H14O2.C2H6/c1-3-5-9-12(4-2)10-7-6-8-11-16-17(13,14)15;1-3-5-6(7,8)4-2;1-2/h3,5,9H,4,6-8,10-11H2,1-2H3,(H2,13,14,15);7-8H,3-5H2,1-2H3;1-2H3/b5-3-,12-9+;;. The number of rotatable bonds is 12. The van der Waals surface area contributed by atoms with Gasteiger partial charge in [-0.25, -0.2) is 5.14 Å². The summed E-state index contributed by atoms with van der Waals surface area (Å²) >= 11 is 0. The molecule has 0 aromatic carbocycles. The molecule has 0 saturated carbocycles. The van der Waals surface area contributed by atoms with E-state index in [1.54, 1.807) is 6.92 Å². The Morgan fingerprint density at radius 1 is 1.11 bits per heavy atom. The molecule has 0 atom stereocenters. The van der Waals surface area contributed by atoms with E-state index in [1.807, 2.05) is 39.8 Å². The van der Waals surface area contributed by atoms with Gasteiger partial charge in [-0.05, 0) is 39.0 Å². The summed E-state index contributed by atoms with van der Waals surface area (Å²) < 4.78 is 25.4. The minimum atomic E-state index is -3.76. The van der Waals surface area contributed by atoms with Crippen molar-refractivity contribution in [2.75, 3.05) is 6.61 Å². The molecular formula is C20H43NO5S. The van der Waals surface area contributed by atoms with Crippen molar-refractivity contribution in [2.24, 2.45) is 5.14 Å². The average molecular weight is 410 g/mol. The maximum absolute atomic E-state index is 10.5. The molecule has 0 aromatic rings. The number of hydrogen-bond acceptors (Lipinski definition) is 5. The molecule has 0 heterocycles. The monoisotopic (exact) mass is 409 g/mol. The molecule has 0 saturated heterocycles. The van der Waals surface area contributed by atoms with Gasteiger partial charge in [0.1, 0.15) is 0 Å². The van der Waals surface area contributed by atoms with Crippen LogP contribution < -0.4 is 5.14 Å². The third-order valence-electron chi connectivity index (χ3n) is 3.58. The first-order chi connectivity index (χ1) is 12.6. The van der Waals surface area contributed by atoms with Crippen molar-refractivity contribution in [3.63, 3.8) is 0 Å². The minimum Gasteiger partial charge on any atom is -0.366 e. The molecule has 4 N–H and O–H groups in total. The van der Waals surface area contributed by atoms with Crippen LogP contribution in [-0.2, 0) is 14.5 Å². The van der Waals surface area contributed by atoms with Crippen molar-refractivity contribution < 1.29 is 22.8 Å². The third kappa shape index (κ3) is 27.6. The van der Waals surface area contributed by atoms with Gasteiger partial charge >= 0.3 is 10.3 Å². The van der Waals surface area contributed by atoms with E-state index < -0.39 is 16.1 Å². The predicted octanol–water partition coefficient (Wildman–Crippen LogP) is 4.58. The van der Waals surface area contributed by atoms with Crippen molar-refractivity contribution >= 4 is 10.3 Å². The fraction of sp³-hybridized carbons (Fsp3) is 0.800. The van der Waals surface area contributed by atoms with Crippen molar-refractivity contribution in [3.05, 3.63) is 23.8 Å². The van der Waals surface area contributed by atoms with Crippen LogP contribution in [0.25, 0.3) is 0 Å². The maximum Gasteiger partial charge on any atom is 0.333 e. The summed E-state index contributed by atoms with van der Waals surface area (Å²) in [7, 11) is -3.76. The van der Waals surface area contributed by atoms with Crippen LogP contribution in [0.3, 0.4) is 0 Å². The number of unbranched alkanes of at least 4 members (excludes halogenated alkanes) is 2. The van der Waals surface area contributed by atoms with Gasteiger partial charge in [-0.3, -0.25) is 4.18 Å². The van der Waals surface area contributed by atoms with E-state index in [9.17, 15) is 8.42 Å². The van der Waals surface area contributed by atoms with Crippen LogP contribution >= 0.6 is 0 Å². The molecule has 0 aromatic heterocycles. The number of nitrogens with two attached hydrogens (primary N) is 1. The molecule has 7 heteroatoms. The van der Waals surface area contributed by atoms with Gasteiger partial charge in [0.15, 0.2) is 5.79 Å². The van der Waals surface area contributed by atoms with Gasteiger partial charge in [0, 0.05) is 6.42 Å². The number of aliphatic hydroxyl groups is 2. The zero-order valence-electron chi connectivity index (χ0n) is 18.2. The first kappa shape index (κ1) is 31.0. The molecule has 0 spiro atoms. The smallest absolute Gasteiger partial charge is 0.333 e. The summed E-state index contributed by atoms with van der Waals surface area (Å²) in [5, 5.41) is 22.5. The first-order valence-electron chi connectivity index (χ1n) is 10.0. The van der Waals surface area contributed by atoms with Gasteiger partial charge in [-0.15, -0.1) is 0 Å². The largest absolute Gasteiger partial charge is 0.366 e. The van der Waals surface area contributed by atoms with Gasteiger partial charge in [-0.1, -0.05) is 71.3 Å². The van der Waals surface area contributed by atoms with Crippen molar-refractivity contribution in [1.82, 2.24) is 0 Å². The molecule has 27 heavy (non-hydrogen) atoms. The second-order valence-corrected chi connectivity index (χ2v) is 7.14. The second kappa shape index (κ2) is 20.0. The zero-order chi connectivity index (χ0) is 21.8. The second-order valence-electron chi connectivity index (χ2n) is 5.92. The van der Waals surface area contributed by atoms with E-state index in [2.05, 4.69) is 17.2 Å². The molecule has 0 amide bonds. The van der Waals surface area contributed by atoms with Gasteiger partial charge in [-0.2, -0.15) is 8.42 Å². The Kier molecular flexibility index (Phi) is 23.0. The van der Waals surface area contributed by atoms with Crippen LogP contribution in [0.15, 0.2) is 23.8 Å². The molecule has 0 unspecified atom stereocenters. The fourth-order valence-electron chi connectivity index (χ4n) is 1.99. The van der Waals surface area contributed by atoms with Crippen molar-refractivity contribution in [1.29, 1.82) is 0 Å². The highest BCUT2D eigenvalue weighted by Crippen LogP contribution is 2.13. The summed E-state index contributed by atoms with van der Waals surface area (Å²) in [4.78, 5) is 0.